The molecule has 1 aromatic heterocycles. The lowest BCUT2D eigenvalue weighted by molar-refractivity contribution is 0.187. The lowest BCUT2D eigenvalue weighted by Crippen LogP contribution is -2.42. The second kappa shape index (κ2) is 5.82. The van der Waals surface area contributed by atoms with Crippen molar-refractivity contribution in [3.8, 4) is 0 Å². The van der Waals surface area contributed by atoms with E-state index < -0.39 is 0 Å². The molecule has 0 saturated heterocycles. The molecule has 4 rings (SSSR count). The Hall–Kier alpha value is -2.55. The SMILES string of the molecule is CO/N=C(\c1cc2ccccc2o1)C1CC(C)(c2ccccc2)C1. The lowest BCUT2D eigenvalue weighted by Gasteiger charge is -2.45. The molecule has 3 aromatic rings. The smallest absolute Gasteiger partial charge is 0.153 e. The van der Waals surface area contributed by atoms with Gasteiger partial charge in [-0.3, -0.25) is 0 Å². The van der Waals surface area contributed by atoms with E-state index >= 15 is 0 Å². The molecule has 1 saturated carbocycles. The topological polar surface area (TPSA) is 34.7 Å². The van der Waals surface area contributed by atoms with Gasteiger partial charge in [-0.15, -0.1) is 0 Å². The fourth-order valence-corrected chi connectivity index (χ4v) is 3.82. The van der Waals surface area contributed by atoms with E-state index in [0.29, 0.717) is 5.92 Å². The number of fused-ring (bicyclic) bond motifs is 1. The van der Waals surface area contributed by atoms with E-state index in [4.69, 9.17) is 9.25 Å². The monoisotopic (exact) mass is 319 g/mol. The number of hydrogen-bond donors (Lipinski definition) is 0. The summed E-state index contributed by atoms with van der Waals surface area (Å²) in [5, 5.41) is 5.39. The van der Waals surface area contributed by atoms with Gasteiger partial charge in [-0.1, -0.05) is 60.6 Å². The third-order valence-electron chi connectivity index (χ3n) is 5.12. The normalized spacial score (nSPS) is 23.9. The molecular formula is C21H21NO2. The molecule has 24 heavy (non-hydrogen) atoms. The maximum atomic E-state index is 6.00. The zero-order valence-corrected chi connectivity index (χ0v) is 14.0. The first-order valence-corrected chi connectivity index (χ1v) is 8.35. The van der Waals surface area contributed by atoms with Crippen LogP contribution in [-0.2, 0) is 10.3 Å². The molecule has 1 aliphatic rings. The van der Waals surface area contributed by atoms with Crippen molar-refractivity contribution in [1.29, 1.82) is 0 Å². The Labute approximate surface area is 141 Å². The summed E-state index contributed by atoms with van der Waals surface area (Å²) in [6, 6.07) is 20.8. The van der Waals surface area contributed by atoms with E-state index in [0.717, 1.165) is 35.3 Å². The third-order valence-corrected chi connectivity index (χ3v) is 5.12. The molecule has 2 aromatic carbocycles. The van der Waals surface area contributed by atoms with Crippen molar-refractivity contribution >= 4 is 16.7 Å². The first kappa shape index (κ1) is 15.0. The van der Waals surface area contributed by atoms with E-state index in [2.05, 4.69) is 54.5 Å². The van der Waals surface area contributed by atoms with Crippen LogP contribution in [0.3, 0.4) is 0 Å². The number of nitrogens with zero attached hydrogens (tertiary/aromatic N) is 1. The zero-order valence-electron chi connectivity index (χ0n) is 14.0. The molecule has 3 heteroatoms. The average molecular weight is 319 g/mol. The first-order valence-electron chi connectivity index (χ1n) is 8.35. The minimum Gasteiger partial charge on any atom is -0.455 e. The molecule has 0 N–H and O–H groups in total. The molecule has 0 bridgehead atoms. The predicted octanol–water partition coefficient (Wildman–Crippen LogP) is 5.15. The number of rotatable bonds is 4. The highest BCUT2D eigenvalue weighted by atomic mass is 16.6. The standard InChI is InChI=1S/C21H21NO2/c1-21(17-9-4-3-5-10-17)13-16(14-21)20(22-23-2)19-12-15-8-6-7-11-18(15)24-19/h3-12,16H,13-14H2,1-2H3/b22-20-. The summed E-state index contributed by atoms with van der Waals surface area (Å²) in [4.78, 5) is 5.11. The second-order valence-electron chi connectivity index (χ2n) is 6.84. The van der Waals surface area contributed by atoms with Crippen LogP contribution >= 0.6 is 0 Å². The Balaban J connectivity index is 1.61. The molecule has 0 unspecified atom stereocenters. The van der Waals surface area contributed by atoms with Crippen LogP contribution in [0.2, 0.25) is 0 Å². The van der Waals surface area contributed by atoms with E-state index in [1.165, 1.54) is 5.56 Å². The number of furan rings is 1. The van der Waals surface area contributed by atoms with E-state index in [9.17, 15) is 0 Å². The van der Waals surface area contributed by atoms with Gasteiger partial charge in [0.1, 0.15) is 18.4 Å². The Morgan fingerprint density at radius 2 is 1.79 bits per heavy atom. The Bertz CT molecular complexity index is 840. The maximum Gasteiger partial charge on any atom is 0.153 e. The minimum absolute atomic E-state index is 0.201. The van der Waals surface area contributed by atoms with Crippen LogP contribution < -0.4 is 0 Å². The highest BCUT2D eigenvalue weighted by Gasteiger charge is 2.45. The van der Waals surface area contributed by atoms with Crippen molar-refractivity contribution in [2.75, 3.05) is 7.11 Å². The van der Waals surface area contributed by atoms with Crippen LogP contribution in [0.25, 0.3) is 11.0 Å². The molecular weight excluding hydrogens is 298 g/mol. The predicted molar refractivity (Wildman–Crippen MR) is 96.3 cm³/mol. The van der Waals surface area contributed by atoms with Crippen molar-refractivity contribution in [3.63, 3.8) is 0 Å². The molecule has 0 radical (unpaired) electrons. The van der Waals surface area contributed by atoms with E-state index in [1.807, 2.05) is 18.2 Å². The van der Waals surface area contributed by atoms with Gasteiger partial charge in [0, 0.05) is 11.3 Å². The van der Waals surface area contributed by atoms with Gasteiger partial charge in [0.15, 0.2) is 5.76 Å². The summed E-state index contributed by atoms with van der Waals surface area (Å²) in [7, 11) is 1.59. The molecule has 122 valence electrons. The summed E-state index contributed by atoms with van der Waals surface area (Å²) >= 11 is 0. The molecule has 0 amide bonds. The lowest BCUT2D eigenvalue weighted by atomic mass is 9.58. The summed E-state index contributed by atoms with van der Waals surface area (Å²) in [6.07, 6.45) is 2.10. The van der Waals surface area contributed by atoms with Crippen LogP contribution in [0.5, 0.6) is 0 Å². The maximum absolute atomic E-state index is 6.00. The Morgan fingerprint density at radius 3 is 2.50 bits per heavy atom. The van der Waals surface area contributed by atoms with Gasteiger partial charge in [0.2, 0.25) is 0 Å². The number of benzene rings is 2. The van der Waals surface area contributed by atoms with Crippen LogP contribution in [0.1, 0.15) is 31.1 Å². The summed E-state index contributed by atoms with van der Waals surface area (Å²) in [5.41, 5.74) is 3.40. The van der Waals surface area contributed by atoms with Gasteiger partial charge in [-0.2, -0.15) is 0 Å². The largest absolute Gasteiger partial charge is 0.455 e. The second-order valence-corrected chi connectivity index (χ2v) is 6.84. The van der Waals surface area contributed by atoms with Crippen molar-refractivity contribution in [2.24, 2.45) is 11.1 Å². The first-order chi connectivity index (χ1) is 11.7. The Kier molecular flexibility index (Phi) is 3.64. The molecule has 3 nitrogen and oxygen atoms in total. The fourth-order valence-electron chi connectivity index (χ4n) is 3.82. The van der Waals surface area contributed by atoms with Crippen LogP contribution in [0.4, 0.5) is 0 Å². The van der Waals surface area contributed by atoms with E-state index in [-0.39, 0.29) is 5.41 Å². The quantitative estimate of drug-likeness (QED) is 0.492. The fraction of sp³-hybridized carbons (Fsp3) is 0.286. The summed E-state index contributed by atoms with van der Waals surface area (Å²) in [5.74, 6) is 1.17. The molecule has 1 aliphatic carbocycles. The molecule has 0 spiro atoms. The highest BCUT2D eigenvalue weighted by molar-refractivity contribution is 6.03. The zero-order chi connectivity index (χ0) is 16.6. The van der Waals surface area contributed by atoms with Gasteiger partial charge in [-0.05, 0) is 36.0 Å². The van der Waals surface area contributed by atoms with Gasteiger partial charge in [0.25, 0.3) is 0 Å². The highest BCUT2D eigenvalue weighted by Crippen LogP contribution is 2.49. The molecule has 1 fully saturated rings. The minimum atomic E-state index is 0.201. The van der Waals surface area contributed by atoms with Crippen molar-refractivity contribution in [3.05, 3.63) is 72.0 Å². The molecule has 1 heterocycles. The van der Waals surface area contributed by atoms with Gasteiger partial charge in [0.05, 0.1) is 0 Å². The third kappa shape index (κ3) is 2.50. The van der Waals surface area contributed by atoms with Gasteiger partial charge >= 0.3 is 0 Å². The van der Waals surface area contributed by atoms with Crippen LogP contribution in [0.15, 0.2) is 70.2 Å². The molecule has 0 atom stereocenters. The average Bonchev–Trinajstić information content (AvgIpc) is 3.01. The van der Waals surface area contributed by atoms with Gasteiger partial charge < -0.3 is 9.25 Å². The van der Waals surface area contributed by atoms with Gasteiger partial charge in [-0.25, -0.2) is 0 Å². The van der Waals surface area contributed by atoms with Crippen molar-refractivity contribution in [1.82, 2.24) is 0 Å². The molecule has 0 aliphatic heterocycles. The summed E-state index contributed by atoms with van der Waals surface area (Å²) < 4.78 is 6.00. The van der Waals surface area contributed by atoms with Crippen molar-refractivity contribution in [2.45, 2.75) is 25.2 Å². The number of hydrogen-bond acceptors (Lipinski definition) is 3. The Morgan fingerprint density at radius 1 is 1.08 bits per heavy atom. The number of oxime groups is 1. The number of para-hydroxylation sites is 1. The van der Waals surface area contributed by atoms with Crippen LogP contribution in [-0.4, -0.2) is 12.8 Å². The van der Waals surface area contributed by atoms with Crippen LogP contribution in [0, 0.1) is 5.92 Å². The summed E-state index contributed by atoms with van der Waals surface area (Å²) in [6.45, 7) is 2.32. The van der Waals surface area contributed by atoms with Crippen molar-refractivity contribution < 1.29 is 9.25 Å². The van der Waals surface area contributed by atoms with E-state index in [1.54, 1.807) is 7.11 Å².